The summed E-state index contributed by atoms with van der Waals surface area (Å²) in [6.07, 6.45) is 3.24. The Balaban J connectivity index is 1.73. The lowest BCUT2D eigenvalue weighted by Gasteiger charge is -2.20. The van der Waals surface area contributed by atoms with Crippen molar-refractivity contribution < 1.29 is 14.4 Å². The molecule has 3 amide bonds. The Labute approximate surface area is 190 Å². The number of hydrogen-bond acceptors (Lipinski definition) is 4. The lowest BCUT2D eigenvalue weighted by atomic mass is 10.0. The number of hydrazone groups is 1. The molecule has 0 aliphatic carbocycles. The molecular weight excluding hydrogens is 430 g/mol. The van der Waals surface area contributed by atoms with Crippen LogP contribution >= 0.6 is 11.6 Å². The first-order valence-electron chi connectivity index (χ1n) is 10.0. The van der Waals surface area contributed by atoms with Gasteiger partial charge in [-0.1, -0.05) is 49.7 Å². The number of nitrogens with zero attached hydrogens (tertiary/aromatic N) is 2. The van der Waals surface area contributed by atoms with E-state index in [0.717, 1.165) is 10.9 Å². The van der Waals surface area contributed by atoms with E-state index in [1.807, 2.05) is 38.1 Å². The average Bonchev–Trinajstić information content (AvgIpc) is 3.08. The van der Waals surface area contributed by atoms with E-state index in [9.17, 15) is 14.4 Å². The number of aromatic nitrogens is 1. The minimum absolute atomic E-state index is 0.0334. The highest BCUT2D eigenvalue weighted by Crippen LogP contribution is 2.20. The molecule has 32 heavy (non-hydrogen) atoms. The lowest BCUT2D eigenvalue weighted by Crippen LogP contribution is -2.48. The summed E-state index contributed by atoms with van der Waals surface area (Å²) in [4.78, 5) is 36.6. The Morgan fingerprint density at radius 2 is 1.91 bits per heavy atom. The van der Waals surface area contributed by atoms with Crippen molar-refractivity contribution in [3.8, 4) is 0 Å². The van der Waals surface area contributed by atoms with Crippen LogP contribution in [-0.4, -0.2) is 34.5 Å². The fraction of sp³-hybridized carbons (Fsp3) is 0.217. The summed E-state index contributed by atoms with van der Waals surface area (Å²) in [5, 5.41) is 8.08. The van der Waals surface area contributed by atoms with E-state index in [-0.39, 0.29) is 12.5 Å². The van der Waals surface area contributed by atoms with Crippen LogP contribution in [0.15, 0.2) is 59.8 Å². The van der Waals surface area contributed by atoms with Crippen molar-refractivity contribution in [2.24, 2.45) is 16.8 Å². The normalized spacial score (nSPS) is 12.2. The van der Waals surface area contributed by atoms with Crippen LogP contribution in [0.2, 0.25) is 5.02 Å². The number of amides is 3. The van der Waals surface area contributed by atoms with Gasteiger partial charge in [0.1, 0.15) is 12.6 Å². The van der Waals surface area contributed by atoms with Gasteiger partial charge in [-0.2, -0.15) is 5.10 Å². The third-order valence-electron chi connectivity index (χ3n) is 4.85. The molecule has 8 nitrogen and oxygen atoms in total. The Bertz CT molecular complexity index is 1190. The molecule has 1 unspecified atom stereocenters. The summed E-state index contributed by atoms with van der Waals surface area (Å²) >= 11 is 5.94. The van der Waals surface area contributed by atoms with Gasteiger partial charge in [-0.15, -0.1) is 0 Å². The van der Waals surface area contributed by atoms with Gasteiger partial charge in [0.25, 0.3) is 11.8 Å². The van der Waals surface area contributed by atoms with Crippen molar-refractivity contribution in [3.05, 3.63) is 70.9 Å². The van der Waals surface area contributed by atoms with Crippen LogP contribution in [0.5, 0.6) is 0 Å². The summed E-state index contributed by atoms with van der Waals surface area (Å²) in [6.45, 7) is 3.68. The molecule has 4 N–H and O–H groups in total. The molecule has 3 aromatic rings. The molecule has 0 spiro atoms. The van der Waals surface area contributed by atoms with Crippen molar-refractivity contribution in [1.29, 1.82) is 0 Å². The van der Waals surface area contributed by atoms with E-state index in [0.29, 0.717) is 16.1 Å². The molecule has 2 aromatic carbocycles. The number of para-hydroxylation sites is 1. The number of hydrogen-bond donors (Lipinski definition) is 3. The highest BCUT2D eigenvalue weighted by atomic mass is 35.5. The number of carbonyl (C=O) groups is 3. The number of halogens is 1. The zero-order chi connectivity index (χ0) is 23.3. The van der Waals surface area contributed by atoms with E-state index in [1.54, 1.807) is 29.0 Å². The monoisotopic (exact) mass is 453 g/mol. The molecule has 0 bridgehead atoms. The van der Waals surface area contributed by atoms with Crippen LogP contribution in [0.25, 0.3) is 10.9 Å². The van der Waals surface area contributed by atoms with Gasteiger partial charge in [-0.25, -0.2) is 5.43 Å². The maximum absolute atomic E-state index is 12.7. The molecule has 3 rings (SSSR count). The van der Waals surface area contributed by atoms with Gasteiger partial charge in [0.15, 0.2) is 0 Å². The zero-order valence-corrected chi connectivity index (χ0v) is 18.5. The van der Waals surface area contributed by atoms with Crippen LogP contribution in [-0.2, 0) is 16.1 Å². The van der Waals surface area contributed by atoms with E-state index in [1.165, 1.54) is 12.3 Å². The zero-order valence-electron chi connectivity index (χ0n) is 17.7. The summed E-state index contributed by atoms with van der Waals surface area (Å²) in [7, 11) is 0. The van der Waals surface area contributed by atoms with Crippen molar-refractivity contribution >= 4 is 46.4 Å². The van der Waals surface area contributed by atoms with Gasteiger partial charge in [0.05, 0.1) is 6.21 Å². The maximum atomic E-state index is 12.7. The first-order chi connectivity index (χ1) is 15.3. The van der Waals surface area contributed by atoms with Gasteiger partial charge in [-0.3, -0.25) is 14.4 Å². The third-order valence-corrected chi connectivity index (χ3v) is 5.08. The van der Waals surface area contributed by atoms with E-state index in [2.05, 4.69) is 15.8 Å². The second kappa shape index (κ2) is 10.1. The smallest absolute Gasteiger partial charge is 0.262 e. The van der Waals surface area contributed by atoms with Crippen molar-refractivity contribution in [3.63, 3.8) is 0 Å². The van der Waals surface area contributed by atoms with E-state index >= 15 is 0 Å². The number of rotatable bonds is 8. The van der Waals surface area contributed by atoms with Crippen molar-refractivity contribution in [2.75, 3.05) is 0 Å². The minimum Gasteiger partial charge on any atom is -0.368 e. The van der Waals surface area contributed by atoms with Gasteiger partial charge in [-0.05, 0) is 30.2 Å². The molecule has 1 aromatic heterocycles. The Morgan fingerprint density at radius 1 is 1.16 bits per heavy atom. The lowest BCUT2D eigenvalue weighted by molar-refractivity contribution is -0.124. The van der Waals surface area contributed by atoms with Gasteiger partial charge >= 0.3 is 0 Å². The summed E-state index contributed by atoms with van der Waals surface area (Å²) in [5.41, 5.74) is 9.71. The van der Waals surface area contributed by atoms with Gasteiger partial charge in [0, 0.05) is 33.2 Å². The Hall–Kier alpha value is -3.65. The second-order valence-corrected chi connectivity index (χ2v) is 8.07. The number of benzene rings is 2. The number of carbonyl (C=O) groups excluding carboxylic acids is 3. The number of fused-ring (bicyclic) bond motifs is 1. The van der Waals surface area contributed by atoms with Crippen LogP contribution in [0.4, 0.5) is 0 Å². The molecule has 0 aliphatic heterocycles. The molecule has 9 heteroatoms. The quantitative estimate of drug-likeness (QED) is 0.359. The fourth-order valence-electron chi connectivity index (χ4n) is 3.30. The predicted octanol–water partition coefficient (Wildman–Crippen LogP) is 2.68. The predicted molar refractivity (Wildman–Crippen MR) is 124 cm³/mol. The topological polar surface area (TPSA) is 119 Å². The van der Waals surface area contributed by atoms with Crippen LogP contribution in [0.3, 0.4) is 0 Å². The molecule has 0 radical (unpaired) electrons. The number of primary amides is 1. The molecule has 0 saturated carbocycles. The standard InChI is InChI=1S/C23H24ClN5O3/c1-14(2)21(27-22(31)15-6-5-7-17(24)10-15)23(32)28-26-11-16-12-29(13-20(25)30)19-9-4-3-8-18(16)19/h3-12,14,21H,13H2,1-2H3,(H2,25,30)(H,27,31)(H,28,32). The van der Waals surface area contributed by atoms with Crippen LogP contribution in [0, 0.1) is 5.92 Å². The Kier molecular flexibility index (Phi) is 7.27. The largest absolute Gasteiger partial charge is 0.368 e. The number of nitrogens with two attached hydrogens (primary N) is 1. The fourth-order valence-corrected chi connectivity index (χ4v) is 3.49. The molecule has 0 saturated heterocycles. The van der Waals surface area contributed by atoms with E-state index in [4.69, 9.17) is 17.3 Å². The Morgan fingerprint density at radius 3 is 2.59 bits per heavy atom. The summed E-state index contributed by atoms with van der Waals surface area (Å²) < 4.78 is 1.73. The van der Waals surface area contributed by atoms with E-state index < -0.39 is 23.8 Å². The van der Waals surface area contributed by atoms with Crippen LogP contribution in [0.1, 0.15) is 29.8 Å². The summed E-state index contributed by atoms with van der Waals surface area (Å²) in [5.74, 6) is -1.49. The first kappa shape index (κ1) is 23.0. The molecule has 0 aliphatic rings. The molecule has 1 atom stereocenters. The van der Waals surface area contributed by atoms with Crippen molar-refractivity contribution in [1.82, 2.24) is 15.3 Å². The molecule has 1 heterocycles. The molecular formula is C23H24ClN5O3. The molecule has 166 valence electrons. The van der Waals surface area contributed by atoms with Gasteiger partial charge < -0.3 is 15.6 Å². The SMILES string of the molecule is CC(C)C(NC(=O)c1cccc(Cl)c1)C(=O)NN=Cc1cn(CC(N)=O)c2ccccc12. The van der Waals surface area contributed by atoms with Crippen LogP contribution < -0.4 is 16.5 Å². The highest BCUT2D eigenvalue weighted by molar-refractivity contribution is 6.31. The second-order valence-electron chi connectivity index (χ2n) is 7.64. The van der Waals surface area contributed by atoms with Gasteiger partial charge in [0.2, 0.25) is 5.91 Å². The summed E-state index contributed by atoms with van der Waals surface area (Å²) in [6, 6.07) is 13.2. The average molecular weight is 454 g/mol. The maximum Gasteiger partial charge on any atom is 0.262 e. The number of nitrogens with one attached hydrogen (secondary N) is 2. The highest BCUT2D eigenvalue weighted by Gasteiger charge is 2.24. The molecule has 0 fully saturated rings. The third kappa shape index (κ3) is 5.53. The minimum atomic E-state index is -0.796. The van der Waals surface area contributed by atoms with Crippen molar-refractivity contribution in [2.45, 2.75) is 26.4 Å². The first-order valence-corrected chi connectivity index (χ1v) is 10.4.